The number of piperidine rings is 1. The molecule has 1 N–H and O–H groups in total. The molecule has 1 aliphatic heterocycles. The Kier molecular flexibility index (Phi) is 5.88. The van der Waals surface area contributed by atoms with Gasteiger partial charge >= 0.3 is 0 Å². The van der Waals surface area contributed by atoms with E-state index in [4.69, 9.17) is 16.0 Å². The first-order valence-corrected chi connectivity index (χ1v) is 11.7. The number of sulfonamides is 1. The highest BCUT2D eigenvalue weighted by Gasteiger charge is 2.30. The third-order valence-electron chi connectivity index (χ3n) is 5.37. The van der Waals surface area contributed by atoms with Crippen LogP contribution in [0.15, 0.2) is 62.6 Å². The van der Waals surface area contributed by atoms with Gasteiger partial charge in [-0.1, -0.05) is 18.0 Å². The van der Waals surface area contributed by atoms with Crippen molar-refractivity contribution in [1.82, 2.24) is 4.31 Å². The maximum absolute atomic E-state index is 12.9. The van der Waals surface area contributed by atoms with Crippen LogP contribution in [0.5, 0.6) is 0 Å². The molecule has 0 unspecified atom stereocenters. The summed E-state index contributed by atoms with van der Waals surface area (Å²) in [6, 6.07) is 11.6. The molecule has 1 amide bonds. The third kappa shape index (κ3) is 4.37. The lowest BCUT2D eigenvalue weighted by Crippen LogP contribution is -2.41. The summed E-state index contributed by atoms with van der Waals surface area (Å²) in [6.45, 7) is 2.42. The minimum Gasteiger partial charge on any atom is -0.451 e. The average Bonchev–Trinajstić information content (AvgIpc) is 2.74. The van der Waals surface area contributed by atoms with E-state index >= 15 is 0 Å². The van der Waals surface area contributed by atoms with Crippen molar-refractivity contribution in [3.05, 3.63) is 69.5 Å². The molecular weight excluding hydrogens is 440 g/mol. The van der Waals surface area contributed by atoms with Gasteiger partial charge in [0, 0.05) is 29.4 Å². The third-order valence-corrected chi connectivity index (χ3v) is 7.64. The normalized spacial score (nSPS) is 17.5. The van der Waals surface area contributed by atoms with E-state index in [0.29, 0.717) is 17.3 Å². The highest BCUT2D eigenvalue weighted by Crippen LogP contribution is 2.26. The first kappa shape index (κ1) is 21.5. The molecule has 9 heteroatoms. The number of fused-ring (bicyclic) bond motifs is 1. The molecule has 1 saturated heterocycles. The SMILES string of the molecule is C[C@@H]1CCCCN1S(=O)(=O)c1ccc(NC(=O)c2cc(=O)c3cc(Cl)ccc3o2)cc1. The Morgan fingerprint density at radius 1 is 1.13 bits per heavy atom. The standard InChI is InChI=1S/C22H21ClN2O5S/c1-14-4-2-3-11-25(14)31(28,29)17-8-6-16(7-9-17)24-22(27)21-13-19(26)18-12-15(23)5-10-20(18)30-21/h5-10,12-14H,2-4,11H2,1H3,(H,24,27)/t14-/m1/s1. The summed E-state index contributed by atoms with van der Waals surface area (Å²) in [5, 5.41) is 3.30. The van der Waals surface area contributed by atoms with Gasteiger partial charge in [-0.25, -0.2) is 8.42 Å². The van der Waals surface area contributed by atoms with Crippen LogP contribution in [0.4, 0.5) is 5.69 Å². The Bertz CT molecular complexity index is 1300. The Morgan fingerprint density at radius 2 is 1.87 bits per heavy atom. The minimum absolute atomic E-state index is 0.0381. The van der Waals surface area contributed by atoms with Crippen molar-refractivity contribution in [3.8, 4) is 0 Å². The number of rotatable bonds is 4. The Labute approximate surface area is 184 Å². The van der Waals surface area contributed by atoms with E-state index in [1.165, 1.54) is 40.7 Å². The molecule has 4 rings (SSSR count). The van der Waals surface area contributed by atoms with Crippen LogP contribution in [0.2, 0.25) is 5.02 Å². The molecule has 0 radical (unpaired) electrons. The largest absolute Gasteiger partial charge is 0.451 e. The Balaban J connectivity index is 1.54. The molecule has 1 fully saturated rings. The van der Waals surface area contributed by atoms with Crippen LogP contribution in [-0.4, -0.2) is 31.2 Å². The van der Waals surface area contributed by atoms with E-state index in [0.717, 1.165) is 25.3 Å². The number of carbonyl (C=O) groups excluding carboxylic acids is 1. The van der Waals surface area contributed by atoms with Gasteiger partial charge in [0.2, 0.25) is 10.0 Å². The van der Waals surface area contributed by atoms with Gasteiger partial charge in [-0.15, -0.1) is 0 Å². The van der Waals surface area contributed by atoms with Crippen molar-refractivity contribution in [2.45, 2.75) is 37.1 Å². The lowest BCUT2D eigenvalue weighted by molar-refractivity contribution is 0.0997. The van der Waals surface area contributed by atoms with E-state index in [1.54, 1.807) is 6.07 Å². The minimum atomic E-state index is -3.59. The molecule has 2 heterocycles. The summed E-state index contributed by atoms with van der Waals surface area (Å²) in [4.78, 5) is 25.0. The maximum atomic E-state index is 12.9. The van der Waals surface area contributed by atoms with E-state index < -0.39 is 15.9 Å². The van der Waals surface area contributed by atoms with Crippen molar-refractivity contribution >= 4 is 44.2 Å². The van der Waals surface area contributed by atoms with Gasteiger partial charge in [-0.2, -0.15) is 4.31 Å². The van der Waals surface area contributed by atoms with Crippen LogP contribution >= 0.6 is 11.6 Å². The molecule has 3 aromatic rings. The number of halogens is 1. The number of nitrogens with one attached hydrogen (secondary N) is 1. The van der Waals surface area contributed by atoms with E-state index in [-0.39, 0.29) is 33.1 Å². The molecular formula is C22H21ClN2O5S. The van der Waals surface area contributed by atoms with Crippen LogP contribution in [0, 0.1) is 0 Å². The van der Waals surface area contributed by atoms with Gasteiger partial charge in [0.15, 0.2) is 11.2 Å². The molecule has 0 aliphatic carbocycles. The molecule has 31 heavy (non-hydrogen) atoms. The van der Waals surface area contributed by atoms with Gasteiger partial charge in [-0.05, 0) is 62.2 Å². The molecule has 1 aliphatic rings. The first-order valence-electron chi connectivity index (χ1n) is 9.92. The van der Waals surface area contributed by atoms with E-state index in [9.17, 15) is 18.0 Å². The second kappa shape index (κ2) is 8.45. The maximum Gasteiger partial charge on any atom is 0.291 e. The molecule has 0 bridgehead atoms. The summed E-state index contributed by atoms with van der Waals surface area (Å²) in [5.74, 6) is -0.770. The topological polar surface area (TPSA) is 96.7 Å². The van der Waals surface area contributed by atoms with Gasteiger partial charge in [0.05, 0.1) is 10.3 Å². The zero-order valence-electron chi connectivity index (χ0n) is 16.8. The van der Waals surface area contributed by atoms with Crippen LogP contribution in [0.25, 0.3) is 11.0 Å². The molecule has 2 aromatic carbocycles. The molecule has 0 spiro atoms. The van der Waals surface area contributed by atoms with E-state index in [2.05, 4.69) is 5.32 Å². The summed E-state index contributed by atoms with van der Waals surface area (Å²) in [5.41, 5.74) is 0.250. The second-order valence-electron chi connectivity index (χ2n) is 7.55. The van der Waals surface area contributed by atoms with Crippen LogP contribution < -0.4 is 10.7 Å². The molecule has 0 saturated carbocycles. The number of nitrogens with zero attached hydrogens (tertiary/aromatic N) is 1. The molecule has 162 valence electrons. The van der Waals surface area contributed by atoms with Crippen LogP contribution in [-0.2, 0) is 10.0 Å². The molecule has 1 atom stereocenters. The first-order chi connectivity index (χ1) is 14.8. The molecule has 7 nitrogen and oxygen atoms in total. The van der Waals surface area contributed by atoms with Crippen molar-refractivity contribution in [2.24, 2.45) is 0 Å². The molecule has 1 aromatic heterocycles. The van der Waals surface area contributed by atoms with Crippen molar-refractivity contribution in [2.75, 3.05) is 11.9 Å². The number of anilines is 1. The van der Waals surface area contributed by atoms with E-state index in [1.807, 2.05) is 6.92 Å². The smallest absolute Gasteiger partial charge is 0.291 e. The predicted molar refractivity (Wildman–Crippen MR) is 119 cm³/mol. The van der Waals surface area contributed by atoms with Crippen molar-refractivity contribution in [1.29, 1.82) is 0 Å². The number of hydrogen-bond donors (Lipinski definition) is 1. The Hall–Kier alpha value is -2.68. The van der Waals surface area contributed by atoms with Gasteiger partial charge in [0.25, 0.3) is 5.91 Å². The number of amides is 1. The number of hydrogen-bond acceptors (Lipinski definition) is 5. The Morgan fingerprint density at radius 3 is 2.58 bits per heavy atom. The summed E-state index contributed by atoms with van der Waals surface area (Å²) in [6.07, 6.45) is 2.72. The van der Waals surface area contributed by atoms with Gasteiger partial charge in [0.1, 0.15) is 5.58 Å². The highest BCUT2D eigenvalue weighted by molar-refractivity contribution is 7.89. The zero-order chi connectivity index (χ0) is 22.2. The number of benzene rings is 2. The zero-order valence-corrected chi connectivity index (χ0v) is 18.4. The fraction of sp³-hybridized carbons (Fsp3) is 0.273. The quantitative estimate of drug-likeness (QED) is 0.627. The lowest BCUT2D eigenvalue weighted by Gasteiger charge is -2.32. The predicted octanol–water partition coefficient (Wildman–Crippen LogP) is 4.26. The van der Waals surface area contributed by atoms with Gasteiger partial charge < -0.3 is 9.73 Å². The second-order valence-corrected chi connectivity index (χ2v) is 9.88. The van der Waals surface area contributed by atoms with Crippen LogP contribution in [0.3, 0.4) is 0 Å². The average molecular weight is 461 g/mol. The van der Waals surface area contributed by atoms with Crippen molar-refractivity contribution in [3.63, 3.8) is 0 Å². The number of carbonyl (C=O) groups is 1. The lowest BCUT2D eigenvalue weighted by atomic mass is 10.1. The highest BCUT2D eigenvalue weighted by atomic mass is 35.5. The van der Waals surface area contributed by atoms with Crippen molar-refractivity contribution < 1.29 is 17.6 Å². The fourth-order valence-corrected chi connectivity index (χ4v) is 5.58. The summed E-state index contributed by atoms with van der Waals surface area (Å²) < 4.78 is 32.9. The summed E-state index contributed by atoms with van der Waals surface area (Å²) in [7, 11) is -3.59. The van der Waals surface area contributed by atoms with Crippen LogP contribution in [0.1, 0.15) is 36.7 Å². The fourth-order valence-electron chi connectivity index (χ4n) is 3.71. The summed E-state index contributed by atoms with van der Waals surface area (Å²) >= 11 is 5.90. The monoisotopic (exact) mass is 460 g/mol. The van der Waals surface area contributed by atoms with Gasteiger partial charge in [-0.3, -0.25) is 9.59 Å².